The van der Waals surface area contributed by atoms with Gasteiger partial charge in [0.1, 0.15) is 0 Å². The molecule has 0 atom stereocenters. The van der Waals surface area contributed by atoms with Crippen LogP contribution in [0.4, 0.5) is 17.1 Å². The van der Waals surface area contributed by atoms with Gasteiger partial charge in [-0.05, 0) is 115 Å². The van der Waals surface area contributed by atoms with Crippen molar-refractivity contribution in [2.75, 3.05) is 4.90 Å². The highest BCUT2D eigenvalue weighted by atomic mass is 15.1. The van der Waals surface area contributed by atoms with Gasteiger partial charge in [0.25, 0.3) is 0 Å². The Kier molecular flexibility index (Phi) is 6.55. The smallest absolute Gasteiger partial charge is 0.0465 e. The second kappa shape index (κ2) is 11.1. The summed E-state index contributed by atoms with van der Waals surface area (Å²) in [5.41, 5.74) is 13.7. The van der Waals surface area contributed by atoms with E-state index in [1.165, 1.54) is 66.1 Å². The molecule has 0 N–H and O–H groups in total. The summed E-state index contributed by atoms with van der Waals surface area (Å²) in [6, 6.07) is 64.3. The molecule has 8 aromatic rings. The van der Waals surface area contributed by atoms with Gasteiger partial charge in [0, 0.05) is 22.5 Å². The average molecular weight is 614 g/mol. The first-order valence-electron chi connectivity index (χ1n) is 16.8. The van der Waals surface area contributed by atoms with E-state index in [1.807, 2.05) is 0 Å². The van der Waals surface area contributed by atoms with E-state index < -0.39 is 0 Å². The van der Waals surface area contributed by atoms with Gasteiger partial charge in [-0.25, -0.2) is 0 Å². The first-order chi connectivity index (χ1) is 23.6. The van der Waals surface area contributed by atoms with Crippen molar-refractivity contribution in [2.45, 2.75) is 19.3 Å². The fourth-order valence-electron chi connectivity index (χ4n) is 7.76. The SMILES string of the molecule is CC1(C)c2cc(N(c3ccccc3)c3ccc(-c4ccccc4)cc3)ccc2-c2c1cc(-c1ccc3ccccc3c1)c1ccccc21. The zero-order chi connectivity index (χ0) is 32.2. The second-order valence-corrected chi connectivity index (χ2v) is 13.4. The van der Waals surface area contributed by atoms with Crippen molar-refractivity contribution < 1.29 is 0 Å². The largest absolute Gasteiger partial charge is 0.310 e. The third-order valence-electron chi connectivity index (χ3n) is 10.2. The van der Waals surface area contributed by atoms with Crippen molar-refractivity contribution in [2.24, 2.45) is 0 Å². The molecule has 0 unspecified atom stereocenters. The van der Waals surface area contributed by atoms with Crippen molar-refractivity contribution >= 4 is 38.6 Å². The van der Waals surface area contributed by atoms with Crippen LogP contribution in [0.3, 0.4) is 0 Å². The standard InChI is InChI=1S/C47H35N/c1-47(2)44-30-39(48(37-17-7-4-8-18-37)38-25-23-34(24-26-38)32-13-5-3-6-14-32)27-28-42(44)46-41-20-12-11-19-40(41)43(31-45(46)47)36-22-21-33-15-9-10-16-35(33)29-36/h3-31H,1-2H3. The quantitative estimate of drug-likeness (QED) is 0.187. The average Bonchev–Trinajstić information content (AvgIpc) is 3.38. The van der Waals surface area contributed by atoms with Crippen LogP contribution in [-0.2, 0) is 5.41 Å². The first kappa shape index (κ1) is 28.3. The topological polar surface area (TPSA) is 3.24 Å². The molecule has 0 radical (unpaired) electrons. The lowest BCUT2D eigenvalue weighted by atomic mass is 9.80. The maximum atomic E-state index is 2.47. The van der Waals surface area contributed by atoms with Crippen LogP contribution < -0.4 is 4.90 Å². The zero-order valence-corrected chi connectivity index (χ0v) is 27.2. The number of fused-ring (bicyclic) bond motifs is 6. The van der Waals surface area contributed by atoms with Crippen molar-refractivity contribution in [3.63, 3.8) is 0 Å². The highest BCUT2D eigenvalue weighted by molar-refractivity contribution is 6.10. The van der Waals surface area contributed by atoms with E-state index in [4.69, 9.17) is 0 Å². The molecule has 0 aliphatic heterocycles. The van der Waals surface area contributed by atoms with Gasteiger partial charge < -0.3 is 4.90 Å². The molecule has 0 bridgehead atoms. The van der Waals surface area contributed by atoms with E-state index in [1.54, 1.807) is 0 Å². The summed E-state index contributed by atoms with van der Waals surface area (Å²) in [6.07, 6.45) is 0. The number of hydrogen-bond donors (Lipinski definition) is 0. The lowest BCUT2D eigenvalue weighted by Gasteiger charge is -2.28. The fourth-order valence-corrected chi connectivity index (χ4v) is 7.76. The lowest BCUT2D eigenvalue weighted by molar-refractivity contribution is 0.661. The zero-order valence-electron chi connectivity index (χ0n) is 27.2. The number of hydrogen-bond acceptors (Lipinski definition) is 1. The van der Waals surface area contributed by atoms with E-state index in [0.29, 0.717) is 0 Å². The molecule has 1 aliphatic rings. The van der Waals surface area contributed by atoms with Crippen LogP contribution in [0.1, 0.15) is 25.0 Å². The minimum atomic E-state index is -0.185. The summed E-state index contributed by atoms with van der Waals surface area (Å²) in [7, 11) is 0. The Labute approximate surface area is 282 Å². The third-order valence-corrected chi connectivity index (χ3v) is 10.2. The number of anilines is 3. The molecule has 0 aromatic heterocycles. The van der Waals surface area contributed by atoms with Crippen molar-refractivity contribution in [3.8, 4) is 33.4 Å². The molecule has 1 nitrogen and oxygen atoms in total. The molecule has 1 heteroatoms. The predicted molar refractivity (Wildman–Crippen MR) is 205 cm³/mol. The highest BCUT2D eigenvalue weighted by Gasteiger charge is 2.38. The fraction of sp³-hybridized carbons (Fsp3) is 0.0638. The lowest BCUT2D eigenvalue weighted by Crippen LogP contribution is -2.16. The van der Waals surface area contributed by atoms with Gasteiger partial charge in [-0.15, -0.1) is 0 Å². The Hall–Kier alpha value is -5.92. The number of rotatable bonds is 5. The molecule has 8 aromatic carbocycles. The van der Waals surface area contributed by atoms with Crippen molar-refractivity contribution in [3.05, 3.63) is 187 Å². The van der Waals surface area contributed by atoms with Crippen LogP contribution in [0.2, 0.25) is 0 Å². The molecular formula is C47H35N. The van der Waals surface area contributed by atoms with Crippen LogP contribution in [0.5, 0.6) is 0 Å². The minimum absolute atomic E-state index is 0.185. The molecule has 48 heavy (non-hydrogen) atoms. The normalized spacial score (nSPS) is 13.0. The Morgan fingerprint density at radius 2 is 0.958 bits per heavy atom. The minimum Gasteiger partial charge on any atom is -0.310 e. The van der Waals surface area contributed by atoms with E-state index in [9.17, 15) is 0 Å². The van der Waals surface area contributed by atoms with Crippen LogP contribution in [-0.4, -0.2) is 0 Å². The third kappa shape index (κ3) is 4.54. The summed E-state index contributed by atoms with van der Waals surface area (Å²) < 4.78 is 0. The van der Waals surface area contributed by atoms with Gasteiger partial charge >= 0.3 is 0 Å². The summed E-state index contributed by atoms with van der Waals surface area (Å²) in [6.45, 7) is 4.78. The van der Waals surface area contributed by atoms with Crippen LogP contribution in [0, 0.1) is 0 Å². The van der Waals surface area contributed by atoms with Crippen molar-refractivity contribution in [1.82, 2.24) is 0 Å². The molecule has 0 spiro atoms. The molecule has 9 rings (SSSR count). The Morgan fingerprint density at radius 1 is 0.375 bits per heavy atom. The molecule has 228 valence electrons. The Morgan fingerprint density at radius 3 is 1.73 bits per heavy atom. The Balaban J connectivity index is 1.19. The molecule has 0 saturated heterocycles. The first-order valence-corrected chi connectivity index (χ1v) is 16.8. The number of para-hydroxylation sites is 1. The van der Waals surface area contributed by atoms with Crippen LogP contribution >= 0.6 is 0 Å². The summed E-state index contributed by atoms with van der Waals surface area (Å²) >= 11 is 0. The van der Waals surface area contributed by atoms with Gasteiger partial charge in [0.05, 0.1) is 0 Å². The van der Waals surface area contributed by atoms with Gasteiger partial charge in [-0.2, -0.15) is 0 Å². The van der Waals surface area contributed by atoms with E-state index in [-0.39, 0.29) is 5.41 Å². The predicted octanol–water partition coefficient (Wildman–Crippen LogP) is 13.1. The maximum absolute atomic E-state index is 2.47. The summed E-state index contributed by atoms with van der Waals surface area (Å²) in [5.74, 6) is 0. The van der Waals surface area contributed by atoms with Crippen LogP contribution in [0.15, 0.2) is 176 Å². The molecule has 1 aliphatic carbocycles. The van der Waals surface area contributed by atoms with Gasteiger partial charge in [0.15, 0.2) is 0 Å². The molecule has 0 saturated carbocycles. The van der Waals surface area contributed by atoms with Gasteiger partial charge in [-0.1, -0.05) is 141 Å². The monoisotopic (exact) mass is 613 g/mol. The summed E-state index contributed by atoms with van der Waals surface area (Å²) in [4.78, 5) is 2.38. The number of benzene rings is 8. The van der Waals surface area contributed by atoms with Gasteiger partial charge in [-0.3, -0.25) is 0 Å². The molecule has 0 fully saturated rings. The number of nitrogens with zero attached hydrogens (tertiary/aromatic N) is 1. The highest BCUT2D eigenvalue weighted by Crippen LogP contribution is 2.54. The van der Waals surface area contributed by atoms with Crippen LogP contribution in [0.25, 0.3) is 54.9 Å². The molecule has 0 heterocycles. The van der Waals surface area contributed by atoms with Crippen molar-refractivity contribution in [1.29, 1.82) is 0 Å². The van der Waals surface area contributed by atoms with E-state index >= 15 is 0 Å². The molecular weight excluding hydrogens is 579 g/mol. The Bertz CT molecular complexity index is 2460. The van der Waals surface area contributed by atoms with E-state index in [2.05, 4.69) is 195 Å². The maximum Gasteiger partial charge on any atom is 0.0465 e. The van der Waals surface area contributed by atoms with E-state index in [0.717, 1.165) is 17.1 Å². The summed E-state index contributed by atoms with van der Waals surface area (Å²) in [5, 5.41) is 5.15. The molecule has 0 amide bonds. The second-order valence-electron chi connectivity index (χ2n) is 13.4. The van der Waals surface area contributed by atoms with Gasteiger partial charge in [0.2, 0.25) is 0 Å².